The third-order valence-electron chi connectivity index (χ3n) is 3.33. The van der Waals surface area contributed by atoms with Gasteiger partial charge in [-0.15, -0.1) is 0 Å². The lowest BCUT2D eigenvalue weighted by molar-refractivity contribution is 0.0849. The Bertz CT molecular complexity index is 675. The number of hydrogen-bond acceptors (Lipinski definition) is 2. The maximum atomic E-state index is 13.2. The van der Waals surface area contributed by atoms with E-state index in [0.29, 0.717) is 16.9 Å². The average Bonchev–Trinajstić information content (AvgIpc) is 2.38. The summed E-state index contributed by atoms with van der Waals surface area (Å²) >= 11 is 0. The number of benzene rings is 2. The molecule has 1 aliphatic heterocycles. The minimum atomic E-state index is -0.675. The number of hydrogen-bond donors (Lipinski definition) is 0. The number of rotatable bonds is 1. The number of fused-ring (bicyclic) bond motifs is 1. The molecule has 0 saturated heterocycles. The fraction of sp³-hybridized carbons (Fsp3) is 0.188. The summed E-state index contributed by atoms with van der Waals surface area (Å²) in [4.78, 5) is 12.1. The molecule has 2 aromatic rings. The van der Waals surface area contributed by atoms with Gasteiger partial charge in [0.15, 0.2) is 5.78 Å². The Morgan fingerprint density at radius 1 is 1.10 bits per heavy atom. The van der Waals surface area contributed by atoms with Crippen molar-refractivity contribution in [2.75, 3.05) is 0 Å². The van der Waals surface area contributed by atoms with Crippen molar-refractivity contribution in [2.45, 2.75) is 19.4 Å². The Morgan fingerprint density at radius 3 is 2.50 bits per heavy atom. The quantitative estimate of drug-likeness (QED) is 0.786. The van der Waals surface area contributed by atoms with E-state index in [2.05, 4.69) is 0 Å². The fourth-order valence-electron chi connectivity index (χ4n) is 2.38. The maximum Gasteiger partial charge on any atom is 0.170 e. The summed E-state index contributed by atoms with van der Waals surface area (Å²) in [7, 11) is 0. The zero-order valence-corrected chi connectivity index (χ0v) is 10.8. The molecule has 0 bridgehead atoms. The lowest BCUT2D eigenvalue weighted by Crippen LogP contribution is -2.20. The smallest absolute Gasteiger partial charge is 0.170 e. The first-order chi connectivity index (χ1) is 9.52. The van der Waals surface area contributed by atoms with Crippen LogP contribution in [0, 0.1) is 18.6 Å². The molecule has 1 heterocycles. The van der Waals surface area contributed by atoms with E-state index in [0.717, 1.165) is 11.6 Å². The van der Waals surface area contributed by atoms with Gasteiger partial charge in [-0.25, -0.2) is 8.78 Å². The second-order valence-corrected chi connectivity index (χ2v) is 4.94. The Balaban J connectivity index is 1.99. The van der Waals surface area contributed by atoms with Crippen LogP contribution in [0.15, 0.2) is 36.4 Å². The van der Waals surface area contributed by atoms with E-state index in [1.54, 1.807) is 12.1 Å². The highest BCUT2D eigenvalue weighted by atomic mass is 19.1. The van der Waals surface area contributed by atoms with Crippen molar-refractivity contribution in [1.82, 2.24) is 0 Å². The molecule has 102 valence electrons. The second-order valence-electron chi connectivity index (χ2n) is 4.94. The van der Waals surface area contributed by atoms with Gasteiger partial charge in [0, 0.05) is 6.07 Å². The van der Waals surface area contributed by atoms with Crippen LogP contribution in [0.4, 0.5) is 8.78 Å². The van der Waals surface area contributed by atoms with Crippen LogP contribution < -0.4 is 4.74 Å². The average molecular weight is 274 g/mol. The largest absolute Gasteiger partial charge is 0.484 e. The lowest BCUT2D eigenvalue weighted by atomic mass is 9.95. The van der Waals surface area contributed by atoms with Gasteiger partial charge in [0.25, 0.3) is 0 Å². The first-order valence-electron chi connectivity index (χ1n) is 6.29. The molecule has 0 N–H and O–H groups in total. The minimum Gasteiger partial charge on any atom is -0.484 e. The van der Waals surface area contributed by atoms with Crippen molar-refractivity contribution in [3.63, 3.8) is 0 Å². The number of halogens is 2. The molecule has 0 radical (unpaired) electrons. The van der Waals surface area contributed by atoms with E-state index in [1.807, 2.05) is 13.0 Å². The fourth-order valence-corrected chi connectivity index (χ4v) is 2.38. The zero-order chi connectivity index (χ0) is 14.3. The van der Waals surface area contributed by atoms with Crippen molar-refractivity contribution in [1.29, 1.82) is 0 Å². The van der Waals surface area contributed by atoms with E-state index < -0.39 is 17.7 Å². The minimum absolute atomic E-state index is 0.0791. The Morgan fingerprint density at radius 2 is 1.80 bits per heavy atom. The molecule has 4 heteroatoms. The highest BCUT2D eigenvalue weighted by Gasteiger charge is 2.28. The third-order valence-corrected chi connectivity index (χ3v) is 3.33. The molecule has 2 nitrogen and oxygen atoms in total. The predicted molar refractivity (Wildman–Crippen MR) is 69.9 cm³/mol. The molecular weight excluding hydrogens is 262 g/mol. The molecule has 20 heavy (non-hydrogen) atoms. The summed E-state index contributed by atoms with van der Waals surface area (Å²) in [5.41, 5.74) is 1.83. The van der Waals surface area contributed by atoms with Crippen molar-refractivity contribution in [3.05, 3.63) is 64.7 Å². The van der Waals surface area contributed by atoms with Gasteiger partial charge in [-0.1, -0.05) is 11.6 Å². The molecule has 0 saturated carbocycles. The van der Waals surface area contributed by atoms with Gasteiger partial charge in [-0.2, -0.15) is 0 Å². The molecule has 0 fully saturated rings. The van der Waals surface area contributed by atoms with Gasteiger partial charge in [-0.3, -0.25) is 4.79 Å². The molecule has 2 aromatic carbocycles. The van der Waals surface area contributed by atoms with Crippen molar-refractivity contribution < 1.29 is 18.3 Å². The molecule has 0 aliphatic carbocycles. The van der Waals surface area contributed by atoms with E-state index in [4.69, 9.17) is 4.74 Å². The van der Waals surface area contributed by atoms with Crippen molar-refractivity contribution in [2.24, 2.45) is 0 Å². The maximum absolute atomic E-state index is 13.2. The van der Waals surface area contributed by atoms with Crippen molar-refractivity contribution >= 4 is 5.78 Å². The number of ketones is 1. The first kappa shape index (κ1) is 12.8. The third kappa shape index (κ3) is 2.29. The summed E-state index contributed by atoms with van der Waals surface area (Å²) < 4.78 is 32.2. The van der Waals surface area contributed by atoms with Crippen molar-refractivity contribution in [3.8, 4) is 5.75 Å². The number of ether oxygens (including phenoxy) is 1. The molecule has 1 aliphatic rings. The predicted octanol–water partition coefficient (Wildman–Crippen LogP) is 3.98. The number of aryl methyl sites for hydroxylation is 1. The van der Waals surface area contributed by atoms with E-state index in [1.165, 1.54) is 12.1 Å². The number of carbonyl (C=O) groups is 1. The summed E-state index contributed by atoms with van der Waals surface area (Å²) in [6.45, 7) is 1.89. The van der Waals surface area contributed by atoms with E-state index >= 15 is 0 Å². The van der Waals surface area contributed by atoms with Crippen LogP contribution in [0.25, 0.3) is 0 Å². The van der Waals surface area contributed by atoms with Gasteiger partial charge in [0.2, 0.25) is 0 Å². The van der Waals surface area contributed by atoms with Gasteiger partial charge in [0.05, 0.1) is 12.0 Å². The van der Waals surface area contributed by atoms with Crippen LogP contribution in [-0.4, -0.2) is 5.78 Å². The lowest BCUT2D eigenvalue weighted by Gasteiger charge is -2.25. The first-order valence-corrected chi connectivity index (χ1v) is 6.29. The van der Waals surface area contributed by atoms with Crippen LogP contribution in [0.3, 0.4) is 0 Å². The number of Topliss-reactive ketones (excluding diaryl/α,β-unsaturated/α-hetero) is 1. The Hall–Kier alpha value is -2.23. The van der Waals surface area contributed by atoms with Gasteiger partial charge in [-0.05, 0) is 36.8 Å². The molecule has 0 aromatic heterocycles. The second kappa shape index (κ2) is 4.71. The van der Waals surface area contributed by atoms with Gasteiger partial charge < -0.3 is 4.74 Å². The number of carbonyl (C=O) groups excluding carboxylic acids is 1. The molecule has 1 atom stereocenters. The van der Waals surface area contributed by atoms with Crippen LogP contribution in [-0.2, 0) is 0 Å². The highest BCUT2D eigenvalue weighted by Crippen LogP contribution is 2.35. The topological polar surface area (TPSA) is 26.3 Å². The summed E-state index contributed by atoms with van der Waals surface area (Å²) in [6, 6.07) is 8.50. The van der Waals surface area contributed by atoms with Gasteiger partial charge in [0.1, 0.15) is 23.5 Å². The van der Waals surface area contributed by atoms with E-state index in [9.17, 15) is 13.6 Å². The molecule has 0 spiro atoms. The summed E-state index contributed by atoms with van der Waals surface area (Å²) in [5, 5.41) is 0. The molecule has 3 rings (SSSR count). The standard InChI is InChI=1S/C16H12F2O2/c1-9-2-3-15-13(4-9)14(19)8-16(20-15)10-5-11(17)7-12(18)6-10/h2-7,16H,8H2,1H3. The molecule has 1 unspecified atom stereocenters. The molecular formula is C16H12F2O2. The summed E-state index contributed by atoms with van der Waals surface area (Å²) in [6.07, 6.45) is -0.567. The highest BCUT2D eigenvalue weighted by molar-refractivity contribution is 6.00. The van der Waals surface area contributed by atoms with Crippen LogP contribution >= 0.6 is 0 Å². The normalized spacial score (nSPS) is 17.6. The Labute approximate surface area is 115 Å². The van der Waals surface area contributed by atoms with E-state index in [-0.39, 0.29) is 12.2 Å². The van der Waals surface area contributed by atoms with Crippen LogP contribution in [0.1, 0.15) is 34.0 Å². The molecule has 0 amide bonds. The van der Waals surface area contributed by atoms with Crippen LogP contribution in [0.2, 0.25) is 0 Å². The van der Waals surface area contributed by atoms with Gasteiger partial charge >= 0.3 is 0 Å². The Kier molecular flexibility index (Phi) is 3.01. The monoisotopic (exact) mass is 274 g/mol. The SMILES string of the molecule is Cc1ccc2c(c1)C(=O)CC(c1cc(F)cc(F)c1)O2. The summed E-state index contributed by atoms with van der Waals surface area (Å²) in [5.74, 6) is -0.970. The van der Waals surface area contributed by atoms with Crippen LogP contribution in [0.5, 0.6) is 5.75 Å². The zero-order valence-electron chi connectivity index (χ0n) is 10.8.